The van der Waals surface area contributed by atoms with Gasteiger partial charge in [-0.05, 0) is 25.0 Å². The van der Waals surface area contributed by atoms with Crippen LogP contribution in [0.5, 0.6) is 0 Å². The molecule has 5 heteroatoms. The summed E-state index contributed by atoms with van der Waals surface area (Å²) < 4.78 is 5.60. The van der Waals surface area contributed by atoms with Gasteiger partial charge in [0, 0.05) is 5.69 Å². The Morgan fingerprint density at radius 1 is 1.11 bits per heavy atom. The third kappa shape index (κ3) is 2.76. The molecule has 19 heavy (non-hydrogen) atoms. The first-order valence-corrected chi connectivity index (χ1v) is 6.66. The number of rotatable bonds is 3. The number of benzene rings is 1. The Kier molecular flexibility index (Phi) is 3.46. The van der Waals surface area contributed by atoms with Crippen LogP contribution in [0.25, 0.3) is 0 Å². The highest BCUT2D eigenvalue weighted by molar-refractivity contribution is 5.50. The van der Waals surface area contributed by atoms with Crippen molar-refractivity contribution in [2.75, 3.05) is 5.32 Å². The average molecular weight is 259 g/mol. The van der Waals surface area contributed by atoms with Crippen molar-refractivity contribution in [2.24, 2.45) is 0 Å². The zero-order valence-electron chi connectivity index (χ0n) is 10.6. The van der Waals surface area contributed by atoms with Gasteiger partial charge < -0.3 is 14.8 Å². The van der Waals surface area contributed by atoms with Gasteiger partial charge in [0.1, 0.15) is 0 Å². The van der Waals surface area contributed by atoms with Gasteiger partial charge in [-0.1, -0.05) is 36.1 Å². The van der Waals surface area contributed by atoms with Crippen LogP contribution in [-0.4, -0.2) is 21.4 Å². The highest BCUT2D eigenvalue weighted by Crippen LogP contribution is 2.33. The summed E-state index contributed by atoms with van der Waals surface area (Å²) in [7, 11) is 0. The average Bonchev–Trinajstić information content (AvgIpc) is 2.89. The maximum Gasteiger partial charge on any atom is 0.320 e. The smallest absolute Gasteiger partial charge is 0.320 e. The molecule has 1 saturated carbocycles. The molecule has 0 radical (unpaired) electrons. The van der Waals surface area contributed by atoms with Crippen molar-refractivity contribution in [3.63, 3.8) is 0 Å². The van der Waals surface area contributed by atoms with Gasteiger partial charge in [-0.3, -0.25) is 0 Å². The second kappa shape index (κ2) is 5.40. The quantitative estimate of drug-likeness (QED) is 0.886. The number of hydrogen-bond donors (Lipinski definition) is 2. The van der Waals surface area contributed by atoms with Gasteiger partial charge in [0.25, 0.3) is 0 Å². The van der Waals surface area contributed by atoms with E-state index >= 15 is 0 Å². The highest BCUT2D eigenvalue weighted by Gasteiger charge is 2.29. The minimum Gasteiger partial charge on any atom is -0.407 e. The summed E-state index contributed by atoms with van der Waals surface area (Å²) >= 11 is 0. The van der Waals surface area contributed by atoms with Gasteiger partial charge in [-0.15, -0.1) is 5.10 Å². The molecule has 1 fully saturated rings. The Morgan fingerprint density at radius 2 is 1.89 bits per heavy atom. The van der Waals surface area contributed by atoms with E-state index in [0.29, 0.717) is 11.9 Å². The molecule has 0 aliphatic heterocycles. The summed E-state index contributed by atoms with van der Waals surface area (Å²) in [4.78, 5) is 0. The molecule has 0 amide bonds. The van der Waals surface area contributed by atoms with E-state index in [4.69, 9.17) is 4.42 Å². The lowest BCUT2D eigenvalue weighted by Gasteiger charge is -2.24. The van der Waals surface area contributed by atoms with Crippen LogP contribution < -0.4 is 5.32 Å². The fourth-order valence-electron chi connectivity index (χ4n) is 2.48. The number of nitrogens with one attached hydrogen (secondary N) is 1. The minimum absolute atomic E-state index is 0.0208. The number of hydrogen-bond acceptors (Lipinski definition) is 5. The summed E-state index contributed by atoms with van der Waals surface area (Å²) in [5, 5.41) is 21.1. The van der Waals surface area contributed by atoms with E-state index in [-0.39, 0.29) is 12.0 Å². The van der Waals surface area contributed by atoms with Gasteiger partial charge in [-0.25, -0.2) is 0 Å². The van der Waals surface area contributed by atoms with E-state index in [0.717, 1.165) is 31.4 Å². The van der Waals surface area contributed by atoms with Crippen LogP contribution >= 0.6 is 0 Å². The second-order valence-corrected chi connectivity index (χ2v) is 4.89. The van der Waals surface area contributed by atoms with Gasteiger partial charge >= 0.3 is 6.01 Å². The predicted molar refractivity (Wildman–Crippen MR) is 71.2 cm³/mol. The van der Waals surface area contributed by atoms with Crippen molar-refractivity contribution >= 4 is 11.7 Å². The molecule has 1 aromatic carbocycles. The van der Waals surface area contributed by atoms with Crippen LogP contribution in [0.4, 0.5) is 11.7 Å². The first-order chi connectivity index (χ1) is 9.33. The van der Waals surface area contributed by atoms with Crippen LogP contribution in [0.1, 0.15) is 37.5 Å². The SMILES string of the molecule is O[C@H]1CCCC[C@H]1c1nnc(Nc2ccccc2)o1. The number of aromatic nitrogens is 2. The number of aliphatic hydroxyl groups excluding tert-OH is 1. The van der Waals surface area contributed by atoms with E-state index in [1.165, 1.54) is 0 Å². The van der Waals surface area contributed by atoms with E-state index in [9.17, 15) is 5.11 Å². The molecule has 100 valence electrons. The molecule has 2 atom stereocenters. The van der Waals surface area contributed by atoms with Gasteiger partial charge in [0.05, 0.1) is 12.0 Å². The number of aliphatic hydroxyl groups is 1. The van der Waals surface area contributed by atoms with E-state index in [1.54, 1.807) is 0 Å². The number of anilines is 2. The molecule has 5 nitrogen and oxygen atoms in total. The van der Waals surface area contributed by atoms with Crippen molar-refractivity contribution in [2.45, 2.75) is 37.7 Å². The molecule has 0 saturated heterocycles. The molecule has 2 aromatic rings. The Bertz CT molecular complexity index is 526. The van der Waals surface area contributed by atoms with Crippen molar-refractivity contribution in [1.82, 2.24) is 10.2 Å². The lowest BCUT2D eigenvalue weighted by Crippen LogP contribution is -2.22. The Balaban J connectivity index is 1.72. The molecule has 0 unspecified atom stereocenters. The van der Waals surface area contributed by atoms with E-state index in [1.807, 2.05) is 30.3 Å². The van der Waals surface area contributed by atoms with Crippen LogP contribution in [0.2, 0.25) is 0 Å². The molecular weight excluding hydrogens is 242 g/mol. The highest BCUT2D eigenvalue weighted by atomic mass is 16.4. The predicted octanol–water partition coefficient (Wildman–Crippen LogP) is 2.83. The Hall–Kier alpha value is -1.88. The molecule has 1 heterocycles. The lowest BCUT2D eigenvalue weighted by molar-refractivity contribution is 0.0944. The first kappa shape index (κ1) is 12.2. The lowest BCUT2D eigenvalue weighted by atomic mass is 9.86. The summed E-state index contributed by atoms with van der Waals surface area (Å²) in [6, 6.07) is 10.1. The van der Waals surface area contributed by atoms with Crippen LogP contribution in [0, 0.1) is 0 Å². The van der Waals surface area contributed by atoms with Crippen LogP contribution in [-0.2, 0) is 0 Å². The molecule has 1 aromatic heterocycles. The molecule has 0 bridgehead atoms. The zero-order chi connectivity index (χ0) is 13.1. The molecular formula is C14H17N3O2. The molecule has 1 aliphatic carbocycles. The van der Waals surface area contributed by atoms with Gasteiger partial charge in [0.15, 0.2) is 0 Å². The van der Waals surface area contributed by atoms with Crippen LogP contribution in [0.15, 0.2) is 34.7 Å². The zero-order valence-corrected chi connectivity index (χ0v) is 10.6. The van der Waals surface area contributed by atoms with Crippen LogP contribution in [0.3, 0.4) is 0 Å². The first-order valence-electron chi connectivity index (χ1n) is 6.66. The number of nitrogens with zero attached hydrogens (tertiary/aromatic N) is 2. The van der Waals surface area contributed by atoms with E-state index < -0.39 is 0 Å². The fourth-order valence-corrected chi connectivity index (χ4v) is 2.48. The van der Waals surface area contributed by atoms with Crippen molar-refractivity contribution in [3.05, 3.63) is 36.2 Å². The van der Waals surface area contributed by atoms with Crippen molar-refractivity contribution in [3.8, 4) is 0 Å². The Labute approximate surface area is 111 Å². The molecule has 0 spiro atoms. The third-order valence-electron chi connectivity index (χ3n) is 3.51. The topological polar surface area (TPSA) is 71.2 Å². The fraction of sp³-hybridized carbons (Fsp3) is 0.429. The minimum atomic E-state index is -0.362. The summed E-state index contributed by atoms with van der Waals surface area (Å²) in [6.07, 6.45) is 3.54. The maximum atomic E-state index is 9.97. The summed E-state index contributed by atoms with van der Waals surface area (Å²) in [5.41, 5.74) is 0.905. The third-order valence-corrected chi connectivity index (χ3v) is 3.51. The summed E-state index contributed by atoms with van der Waals surface area (Å²) in [5.74, 6) is 0.512. The van der Waals surface area contributed by atoms with Crippen molar-refractivity contribution < 1.29 is 9.52 Å². The summed E-state index contributed by atoms with van der Waals surface area (Å²) in [6.45, 7) is 0. The monoisotopic (exact) mass is 259 g/mol. The molecule has 3 rings (SSSR count). The maximum absolute atomic E-state index is 9.97. The molecule has 2 N–H and O–H groups in total. The van der Waals surface area contributed by atoms with Gasteiger partial charge in [0.2, 0.25) is 5.89 Å². The second-order valence-electron chi connectivity index (χ2n) is 4.89. The van der Waals surface area contributed by atoms with Crippen molar-refractivity contribution in [1.29, 1.82) is 0 Å². The normalized spacial score (nSPS) is 23.2. The standard InChI is InChI=1S/C14H17N3O2/c18-12-9-5-4-8-11(12)13-16-17-14(19-13)15-10-6-2-1-3-7-10/h1-3,6-7,11-12,18H,4-5,8-9H2,(H,15,17)/t11-,12+/m1/s1. The van der Waals surface area contributed by atoms with E-state index in [2.05, 4.69) is 15.5 Å². The van der Waals surface area contributed by atoms with Gasteiger partial charge in [-0.2, -0.15) is 0 Å². The molecule has 1 aliphatic rings. The Morgan fingerprint density at radius 3 is 2.68 bits per heavy atom. The number of para-hydroxylation sites is 1. The largest absolute Gasteiger partial charge is 0.407 e.